The minimum atomic E-state index is -0.715. The van der Waals surface area contributed by atoms with Gasteiger partial charge in [-0.3, -0.25) is 4.79 Å². The van der Waals surface area contributed by atoms with Gasteiger partial charge >= 0.3 is 6.03 Å². The van der Waals surface area contributed by atoms with Crippen molar-refractivity contribution in [1.29, 1.82) is 0 Å². The first-order valence-corrected chi connectivity index (χ1v) is 11.1. The number of anilines is 1. The zero-order valence-corrected chi connectivity index (χ0v) is 20.6. The van der Waals surface area contributed by atoms with Crippen LogP contribution in [-0.2, 0) is 17.8 Å². The second kappa shape index (κ2) is 11.0. The third kappa shape index (κ3) is 5.47. The van der Waals surface area contributed by atoms with Crippen molar-refractivity contribution in [2.24, 2.45) is 5.92 Å². The number of amides is 3. The smallest absolute Gasteiger partial charge is 0.318 e. The second-order valence-corrected chi connectivity index (χ2v) is 8.38. The summed E-state index contributed by atoms with van der Waals surface area (Å²) < 4.78 is 21.3. The Morgan fingerprint density at radius 2 is 1.44 bits per heavy atom. The van der Waals surface area contributed by atoms with E-state index < -0.39 is 6.04 Å². The monoisotopic (exact) mass is 471 g/mol. The van der Waals surface area contributed by atoms with Crippen LogP contribution >= 0.6 is 0 Å². The van der Waals surface area contributed by atoms with Crippen LogP contribution in [0, 0.1) is 5.92 Å². The Kier molecular flexibility index (Phi) is 8.09. The van der Waals surface area contributed by atoms with Gasteiger partial charge in [0.1, 0.15) is 6.04 Å². The van der Waals surface area contributed by atoms with Crippen LogP contribution in [0.1, 0.15) is 25.0 Å². The van der Waals surface area contributed by atoms with E-state index in [0.29, 0.717) is 48.2 Å². The molecular weight excluding hydrogens is 438 g/mol. The molecule has 0 saturated heterocycles. The van der Waals surface area contributed by atoms with Gasteiger partial charge in [0.25, 0.3) is 0 Å². The van der Waals surface area contributed by atoms with Crippen molar-refractivity contribution in [1.82, 2.24) is 10.2 Å². The third-order valence-electron chi connectivity index (χ3n) is 5.88. The molecule has 1 aliphatic heterocycles. The molecule has 34 heavy (non-hydrogen) atoms. The Bertz CT molecular complexity index is 1040. The summed E-state index contributed by atoms with van der Waals surface area (Å²) in [6.45, 7) is 4.74. The number of urea groups is 1. The molecule has 1 atom stereocenters. The molecule has 1 aliphatic rings. The third-order valence-corrected chi connectivity index (χ3v) is 5.88. The molecule has 184 valence electrons. The first-order valence-electron chi connectivity index (χ1n) is 11.1. The number of nitrogens with one attached hydrogen (secondary N) is 2. The highest BCUT2D eigenvalue weighted by Crippen LogP contribution is 2.33. The zero-order valence-electron chi connectivity index (χ0n) is 20.6. The molecule has 9 nitrogen and oxygen atoms in total. The van der Waals surface area contributed by atoms with Crippen molar-refractivity contribution in [2.75, 3.05) is 40.3 Å². The summed E-state index contributed by atoms with van der Waals surface area (Å²) in [7, 11) is 6.27. The number of fused-ring (bicyclic) bond motifs is 1. The molecule has 0 bridgehead atoms. The molecule has 0 spiro atoms. The van der Waals surface area contributed by atoms with Gasteiger partial charge in [0, 0.05) is 24.8 Å². The maximum absolute atomic E-state index is 13.1. The molecule has 0 fully saturated rings. The van der Waals surface area contributed by atoms with Crippen LogP contribution in [0.2, 0.25) is 0 Å². The SMILES string of the molecule is COc1ccc(NC(=O)C(NC(=O)N2CCc3cc(OC)c(OC)cc3C2)C(C)C)cc1OC. The number of rotatable bonds is 8. The Morgan fingerprint density at radius 1 is 0.853 bits per heavy atom. The normalized spacial score (nSPS) is 13.6. The molecule has 0 radical (unpaired) electrons. The minimum Gasteiger partial charge on any atom is -0.493 e. The van der Waals surface area contributed by atoms with E-state index in [1.54, 1.807) is 44.4 Å². The predicted molar refractivity (Wildman–Crippen MR) is 129 cm³/mol. The first-order chi connectivity index (χ1) is 16.3. The molecule has 2 N–H and O–H groups in total. The first kappa shape index (κ1) is 25.0. The number of benzene rings is 2. The second-order valence-electron chi connectivity index (χ2n) is 8.38. The summed E-state index contributed by atoms with van der Waals surface area (Å²) in [5.41, 5.74) is 2.67. The summed E-state index contributed by atoms with van der Waals surface area (Å²) in [4.78, 5) is 27.8. The van der Waals surface area contributed by atoms with Crippen LogP contribution in [0.3, 0.4) is 0 Å². The van der Waals surface area contributed by atoms with Crippen LogP contribution in [-0.4, -0.2) is 57.9 Å². The summed E-state index contributed by atoms with van der Waals surface area (Å²) in [6, 6.07) is 7.97. The molecule has 3 rings (SSSR count). The van der Waals surface area contributed by atoms with Gasteiger partial charge in [0.2, 0.25) is 5.91 Å². The molecular formula is C25H33N3O6. The summed E-state index contributed by atoms with van der Waals surface area (Å²) in [5, 5.41) is 5.77. The lowest BCUT2D eigenvalue weighted by atomic mass is 9.99. The van der Waals surface area contributed by atoms with Crippen LogP contribution < -0.4 is 29.6 Å². The van der Waals surface area contributed by atoms with E-state index >= 15 is 0 Å². The van der Waals surface area contributed by atoms with Gasteiger partial charge in [-0.2, -0.15) is 0 Å². The molecule has 2 aromatic carbocycles. The van der Waals surface area contributed by atoms with Crippen molar-refractivity contribution in [3.8, 4) is 23.0 Å². The molecule has 0 saturated carbocycles. The fourth-order valence-corrected chi connectivity index (χ4v) is 3.95. The summed E-state index contributed by atoms with van der Waals surface area (Å²) >= 11 is 0. The van der Waals surface area contributed by atoms with E-state index in [1.807, 2.05) is 26.0 Å². The van der Waals surface area contributed by atoms with Gasteiger partial charge in [-0.15, -0.1) is 0 Å². The maximum atomic E-state index is 13.1. The van der Waals surface area contributed by atoms with Crippen molar-refractivity contribution in [3.05, 3.63) is 41.5 Å². The highest BCUT2D eigenvalue weighted by molar-refractivity contribution is 5.97. The molecule has 0 aromatic heterocycles. The predicted octanol–water partition coefficient (Wildman–Crippen LogP) is 3.45. The Hall–Kier alpha value is -3.62. The topological polar surface area (TPSA) is 98.4 Å². The lowest BCUT2D eigenvalue weighted by Crippen LogP contribution is -2.52. The van der Waals surface area contributed by atoms with E-state index in [-0.39, 0.29) is 17.9 Å². The van der Waals surface area contributed by atoms with E-state index in [0.717, 1.165) is 11.1 Å². The van der Waals surface area contributed by atoms with Crippen LogP contribution in [0.4, 0.5) is 10.5 Å². The van der Waals surface area contributed by atoms with Gasteiger partial charge in [-0.25, -0.2) is 4.79 Å². The van der Waals surface area contributed by atoms with Gasteiger partial charge in [-0.1, -0.05) is 13.8 Å². The highest BCUT2D eigenvalue weighted by Gasteiger charge is 2.29. The Balaban J connectivity index is 1.70. The lowest BCUT2D eigenvalue weighted by Gasteiger charge is -2.32. The van der Waals surface area contributed by atoms with E-state index in [4.69, 9.17) is 18.9 Å². The lowest BCUT2D eigenvalue weighted by molar-refractivity contribution is -0.118. The zero-order chi connectivity index (χ0) is 24.8. The van der Waals surface area contributed by atoms with E-state index in [9.17, 15) is 9.59 Å². The van der Waals surface area contributed by atoms with Crippen LogP contribution in [0.25, 0.3) is 0 Å². The molecule has 0 aliphatic carbocycles. The number of hydrogen-bond acceptors (Lipinski definition) is 6. The fraction of sp³-hybridized carbons (Fsp3) is 0.440. The van der Waals surface area contributed by atoms with Crippen molar-refractivity contribution in [2.45, 2.75) is 32.9 Å². The average Bonchev–Trinajstić information content (AvgIpc) is 2.85. The van der Waals surface area contributed by atoms with Crippen LogP contribution in [0.5, 0.6) is 23.0 Å². The van der Waals surface area contributed by atoms with Gasteiger partial charge in [-0.05, 0) is 47.7 Å². The number of nitrogens with zero attached hydrogens (tertiary/aromatic N) is 1. The number of carbonyl (C=O) groups is 2. The van der Waals surface area contributed by atoms with Crippen molar-refractivity contribution >= 4 is 17.6 Å². The number of carbonyl (C=O) groups excluding carboxylic acids is 2. The number of ether oxygens (including phenoxy) is 4. The van der Waals surface area contributed by atoms with E-state index in [1.165, 1.54) is 7.11 Å². The quantitative estimate of drug-likeness (QED) is 0.612. The summed E-state index contributed by atoms with van der Waals surface area (Å²) in [5.74, 6) is 1.94. The number of methoxy groups -OCH3 is 4. The van der Waals surface area contributed by atoms with Gasteiger partial charge < -0.3 is 34.5 Å². The fourth-order valence-electron chi connectivity index (χ4n) is 3.95. The standard InChI is InChI=1S/C25H33N3O6/c1-15(2)23(24(29)26-18-7-8-19(31-3)22(13-18)34-6)27-25(30)28-10-9-16-11-20(32-4)21(33-5)12-17(16)14-28/h7-8,11-13,15,23H,9-10,14H2,1-6H3,(H,26,29)(H,27,30). The molecule has 2 aromatic rings. The minimum absolute atomic E-state index is 0.120. The van der Waals surface area contributed by atoms with Crippen molar-refractivity contribution in [3.63, 3.8) is 0 Å². The van der Waals surface area contributed by atoms with Gasteiger partial charge in [0.05, 0.1) is 28.4 Å². The van der Waals surface area contributed by atoms with Crippen molar-refractivity contribution < 1.29 is 28.5 Å². The van der Waals surface area contributed by atoms with Gasteiger partial charge in [0.15, 0.2) is 23.0 Å². The largest absolute Gasteiger partial charge is 0.493 e. The van der Waals surface area contributed by atoms with E-state index in [2.05, 4.69) is 10.6 Å². The summed E-state index contributed by atoms with van der Waals surface area (Å²) in [6.07, 6.45) is 0.688. The highest BCUT2D eigenvalue weighted by atomic mass is 16.5. The maximum Gasteiger partial charge on any atom is 0.318 e. The molecule has 3 amide bonds. The Labute approximate surface area is 200 Å². The molecule has 1 heterocycles. The molecule has 9 heteroatoms. The van der Waals surface area contributed by atoms with Crippen LogP contribution in [0.15, 0.2) is 30.3 Å². The Morgan fingerprint density at radius 3 is 2.03 bits per heavy atom. The molecule has 1 unspecified atom stereocenters. The number of hydrogen-bond donors (Lipinski definition) is 2. The average molecular weight is 472 g/mol.